The fourth-order valence-corrected chi connectivity index (χ4v) is 4.12. The molecular weight excluding hydrogens is 456 g/mol. The van der Waals surface area contributed by atoms with Gasteiger partial charge in [0, 0.05) is 22.0 Å². The molecule has 150 valence electrons. The third-order valence-electron chi connectivity index (χ3n) is 5.32. The van der Waals surface area contributed by atoms with Gasteiger partial charge in [-0.25, -0.2) is 4.90 Å². The number of rotatable bonds is 6. The molecule has 2 aromatic carbocycles. The van der Waals surface area contributed by atoms with Crippen LogP contribution in [-0.4, -0.2) is 35.2 Å². The van der Waals surface area contributed by atoms with Crippen molar-refractivity contribution in [3.8, 4) is 0 Å². The van der Waals surface area contributed by atoms with Crippen molar-refractivity contribution in [3.05, 3.63) is 63.6 Å². The molecule has 29 heavy (non-hydrogen) atoms. The summed E-state index contributed by atoms with van der Waals surface area (Å²) in [6.07, 6.45) is 2.29. The first-order valence-electron chi connectivity index (χ1n) is 9.61. The van der Waals surface area contributed by atoms with Crippen LogP contribution >= 0.6 is 27.5 Å². The fraction of sp³-hybridized carbons (Fsp3) is 0.318. The maximum Gasteiger partial charge on any atom is 0.257 e. The van der Waals surface area contributed by atoms with Crippen LogP contribution in [-0.2, 0) is 20.8 Å². The average molecular weight is 476 g/mol. The van der Waals surface area contributed by atoms with Crippen LogP contribution in [0.3, 0.4) is 0 Å². The Morgan fingerprint density at radius 2 is 1.86 bits per heavy atom. The minimum atomic E-state index is -0.751. The van der Waals surface area contributed by atoms with Gasteiger partial charge in [-0.1, -0.05) is 39.7 Å². The van der Waals surface area contributed by atoms with Gasteiger partial charge in [0.2, 0.25) is 11.8 Å². The molecule has 0 aromatic heterocycles. The number of nitrogens with zero attached hydrogens (tertiary/aromatic N) is 2. The van der Waals surface area contributed by atoms with Crippen molar-refractivity contribution in [2.24, 2.45) is 5.92 Å². The highest BCUT2D eigenvalue weighted by molar-refractivity contribution is 9.10. The van der Waals surface area contributed by atoms with E-state index in [1.807, 2.05) is 18.2 Å². The molecule has 1 saturated carbocycles. The Morgan fingerprint density at radius 1 is 1.14 bits per heavy atom. The van der Waals surface area contributed by atoms with Crippen molar-refractivity contribution < 1.29 is 14.4 Å². The number of imide groups is 1. The van der Waals surface area contributed by atoms with E-state index < -0.39 is 6.04 Å². The van der Waals surface area contributed by atoms with E-state index in [1.165, 1.54) is 4.90 Å². The van der Waals surface area contributed by atoms with Crippen LogP contribution in [0.5, 0.6) is 0 Å². The summed E-state index contributed by atoms with van der Waals surface area (Å²) in [5, 5.41) is 0.635. The lowest BCUT2D eigenvalue weighted by atomic mass is 10.1. The van der Waals surface area contributed by atoms with Crippen LogP contribution < -0.4 is 4.90 Å². The van der Waals surface area contributed by atoms with Gasteiger partial charge in [0.25, 0.3) is 5.91 Å². The lowest BCUT2D eigenvalue weighted by Gasteiger charge is -2.28. The summed E-state index contributed by atoms with van der Waals surface area (Å²) in [6.45, 7) is 0.382. The van der Waals surface area contributed by atoms with Crippen LogP contribution in [0.4, 0.5) is 5.69 Å². The van der Waals surface area contributed by atoms with Gasteiger partial charge in [-0.05, 0) is 61.2 Å². The normalized spacial score (nSPS) is 19.0. The summed E-state index contributed by atoms with van der Waals surface area (Å²) in [5.74, 6) is -0.675. The summed E-state index contributed by atoms with van der Waals surface area (Å²) in [5.41, 5.74) is 1.52. The molecule has 0 radical (unpaired) electrons. The monoisotopic (exact) mass is 474 g/mol. The average Bonchev–Trinajstić information content (AvgIpc) is 3.50. The summed E-state index contributed by atoms with van der Waals surface area (Å²) in [7, 11) is 0. The van der Waals surface area contributed by atoms with E-state index >= 15 is 0 Å². The molecule has 1 heterocycles. The molecule has 1 aliphatic heterocycles. The Morgan fingerprint density at radius 3 is 2.52 bits per heavy atom. The van der Waals surface area contributed by atoms with Gasteiger partial charge in [0.1, 0.15) is 6.04 Å². The Kier molecular flexibility index (Phi) is 5.74. The molecule has 3 amide bonds. The maximum absolute atomic E-state index is 13.1. The molecule has 7 heteroatoms. The van der Waals surface area contributed by atoms with Gasteiger partial charge >= 0.3 is 0 Å². The standard InChI is InChI=1S/C22H20BrClN2O3/c23-16-6-8-18(9-7-16)26-20(27)13-19(22(26)29)25(21(28)15-4-5-15)11-10-14-2-1-3-17(24)12-14/h1-3,6-9,12,15,19H,4-5,10-11,13H2. The zero-order chi connectivity index (χ0) is 20.5. The van der Waals surface area contributed by atoms with Gasteiger partial charge in [-0.3, -0.25) is 14.4 Å². The third-order valence-corrected chi connectivity index (χ3v) is 6.09. The van der Waals surface area contributed by atoms with Crippen LogP contribution in [0.25, 0.3) is 0 Å². The van der Waals surface area contributed by atoms with E-state index in [9.17, 15) is 14.4 Å². The van der Waals surface area contributed by atoms with Gasteiger partial charge in [0.15, 0.2) is 0 Å². The molecule has 1 aliphatic carbocycles. The molecule has 2 aliphatic rings. The molecule has 0 bridgehead atoms. The quantitative estimate of drug-likeness (QED) is 0.588. The number of hydrogen-bond donors (Lipinski definition) is 0. The van der Waals surface area contributed by atoms with Crippen LogP contribution in [0.15, 0.2) is 53.0 Å². The molecule has 4 rings (SSSR count). The third kappa shape index (κ3) is 4.38. The fourth-order valence-electron chi connectivity index (χ4n) is 3.65. The van der Waals surface area contributed by atoms with Crippen molar-refractivity contribution in [1.82, 2.24) is 4.90 Å². The van der Waals surface area contributed by atoms with E-state index in [1.54, 1.807) is 35.2 Å². The first-order chi connectivity index (χ1) is 13.9. The topological polar surface area (TPSA) is 57.7 Å². The van der Waals surface area contributed by atoms with Crippen molar-refractivity contribution in [1.29, 1.82) is 0 Å². The highest BCUT2D eigenvalue weighted by Gasteiger charge is 2.46. The number of anilines is 1. The second kappa shape index (κ2) is 8.28. The smallest absolute Gasteiger partial charge is 0.257 e. The Hall–Kier alpha value is -2.18. The molecule has 1 atom stereocenters. The largest absolute Gasteiger partial charge is 0.330 e. The Labute approximate surface area is 182 Å². The zero-order valence-electron chi connectivity index (χ0n) is 15.7. The van der Waals surface area contributed by atoms with Crippen molar-refractivity contribution in [2.75, 3.05) is 11.4 Å². The predicted molar refractivity (Wildman–Crippen MR) is 115 cm³/mol. The summed E-state index contributed by atoms with van der Waals surface area (Å²) >= 11 is 9.42. The minimum Gasteiger partial charge on any atom is -0.330 e. The second-order valence-electron chi connectivity index (χ2n) is 7.45. The van der Waals surface area contributed by atoms with Crippen LogP contribution in [0.1, 0.15) is 24.8 Å². The van der Waals surface area contributed by atoms with E-state index in [0.717, 1.165) is 22.9 Å². The number of benzene rings is 2. The van der Waals surface area contributed by atoms with Gasteiger partial charge < -0.3 is 4.90 Å². The molecule has 5 nitrogen and oxygen atoms in total. The first-order valence-corrected chi connectivity index (χ1v) is 10.8. The van der Waals surface area contributed by atoms with Crippen molar-refractivity contribution >= 4 is 50.9 Å². The molecule has 1 saturated heterocycles. The van der Waals surface area contributed by atoms with E-state index in [4.69, 9.17) is 11.6 Å². The summed E-state index contributed by atoms with van der Waals surface area (Å²) < 4.78 is 0.865. The molecular formula is C22H20BrClN2O3. The molecule has 2 fully saturated rings. The summed E-state index contributed by atoms with van der Waals surface area (Å²) in [6, 6.07) is 13.7. The Balaban J connectivity index is 1.55. The van der Waals surface area contributed by atoms with Crippen molar-refractivity contribution in [3.63, 3.8) is 0 Å². The number of amides is 3. The highest BCUT2D eigenvalue weighted by atomic mass is 79.9. The van der Waals surface area contributed by atoms with E-state index in [2.05, 4.69) is 15.9 Å². The maximum atomic E-state index is 13.1. The predicted octanol–water partition coefficient (Wildman–Crippen LogP) is 4.22. The van der Waals surface area contributed by atoms with Gasteiger partial charge in [0.05, 0.1) is 12.1 Å². The van der Waals surface area contributed by atoms with Gasteiger partial charge in [-0.15, -0.1) is 0 Å². The molecule has 0 spiro atoms. The first kappa shape index (κ1) is 20.1. The number of carbonyl (C=O) groups is 3. The number of hydrogen-bond acceptors (Lipinski definition) is 3. The lowest BCUT2D eigenvalue weighted by Crippen LogP contribution is -2.47. The second-order valence-corrected chi connectivity index (χ2v) is 8.80. The van der Waals surface area contributed by atoms with Crippen LogP contribution in [0, 0.1) is 5.92 Å². The van der Waals surface area contributed by atoms with E-state index in [0.29, 0.717) is 23.7 Å². The van der Waals surface area contributed by atoms with E-state index in [-0.39, 0.29) is 30.1 Å². The Bertz CT molecular complexity index is 959. The molecule has 1 unspecified atom stereocenters. The highest BCUT2D eigenvalue weighted by Crippen LogP contribution is 2.34. The minimum absolute atomic E-state index is 0.0168. The number of carbonyl (C=O) groups excluding carboxylic acids is 3. The molecule has 0 N–H and O–H groups in total. The van der Waals surface area contributed by atoms with Crippen molar-refractivity contribution in [2.45, 2.75) is 31.7 Å². The summed E-state index contributed by atoms with van der Waals surface area (Å²) in [4.78, 5) is 41.5. The lowest BCUT2D eigenvalue weighted by molar-refractivity contribution is -0.139. The molecule has 2 aromatic rings. The van der Waals surface area contributed by atoms with Gasteiger partial charge in [-0.2, -0.15) is 0 Å². The van der Waals surface area contributed by atoms with Crippen LogP contribution in [0.2, 0.25) is 5.02 Å². The zero-order valence-corrected chi connectivity index (χ0v) is 18.0. The SMILES string of the molecule is O=C1CC(N(CCc2cccc(Cl)c2)C(=O)C2CC2)C(=O)N1c1ccc(Br)cc1. The number of halogens is 2.